The van der Waals surface area contributed by atoms with Gasteiger partial charge in [-0.2, -0.15) is 5.10 Å². The van der Waals surface area contributed by atoms with Gasteiger partial charge in [-0.15, -0.1) is 12.4 Å². The number of rotatable bonds is 3. The lowest BCUT2D eigenvalue weighted by atomic mass is 10.2. The maximum Gasteiger partial charge on any atom is 0.258 e. The fourth-order valence-corrected chi connectivity index (χ4v) is 1.90. The molecule has 0 unspecified atom stereocenters. The van der Waals surface area contributed by atoms with Gasteiger partial charge in [-0.3, -0.25) is 14.9 Å². The molecule has 3 rings (SSSR count). The number of pyridine rings is 2. The fourth-order valence-electron chi connectivity index (χ4n) is 1.90. The molecule has 3 aromatic heterocycles. The SMILES string of the molecule is Cl.Nc1nc2[nH]nc(NC(=O)c3cccnc3)c2cc1CO. The second-order valence-electron chi connectivity index (χ2n) is 4.36. The Morgan fingerprint density at radius 2 is 2.27 bits per heavy atom. The number of nitrogens with one attached hydrogen (secondary N) is 2. The summed E-state index contributed by atoms with van der Waals surface area (Å²) in [6, 6.07) is 4.95. The van der Waals surface area contributed by atoms with Crippen LogP contribution in [0.1, 0.15) is 15.9 Å². The highest BCUT2D eigenvalue weighted by Gasteiger charge is 2.14. The van der Waals surface area contributed by atoms with Gasteiger partial charge in [0.05, 0.1) is 17.6 Å². The third kappa shape index (κ3) is 2.83. The molecule has 114 valence electrons. The number of nitrogens with zero attached hydrogens (tertiary/aromatic N) is 3. The Labute approximate surface area is 131 Å². The predicted octanol–water partition coefficient (Wildman–Crippen LogP) is 1.10. The van der Waals surface area contributed by atoms with Crippen LogP contribution in [0.2, 0.25) is 0 Å². The number of carbonyl (C=O) groups is 1. The average molecular weight is 321 g/mol. The largest absolute Gasteiger partial charge is 0.392 e. The maximum atomic E-state index is 12.1. The Hall–Kier alpha value is -2.71. The highest BCUT2D eigenvalue weighted by Crippen LogP contribution is 2.23. The molecule has 3 aromatic rings. The Kier molecular flexibility index (Phi) is 4.54. The van der Waals surface area contributed by atoms with E-state index in [-0.39, 0.29) is 30.7 Å². The number of H-pyrrole nitrogens is 1. The molecule has 1 amide bonds. The zero-order valence-electron chi connectivity index (χ0n) is 11.3. The van der Waals surface area contributed by atoms with Crippen LogP contribution in [0.15, 0.2) is 30.6 Å². The van der Waals surface area contributed by atoms with Crippen LogP contribution in [-0.4, -0.2) is 31.2 Å². The summed E-state index contributed by atoms with van der Waals surface area (Å²) in [6.45, 7) is -0.240. The number of nitrogen functional groups attached to an aromatic ring is 1. The molecule has 5 N–H and O–H groups in total. The van der Waals surface area contributed by atoms with Crippen LogP contribution in [0.25, 0.3) is 11.0 Å². The highest BCUT2D eigenvalue weighted by molar-refractivity contribution is 6.07. The van der Waals surface area contributed by atoms with E-state index in [0.29, 0.717) is 28.0 Å². The smallest absolute Gasteiger partial charge is 0.258 e. The number of aromatic amines is 1. The summed E-state index contributed by atoms with van der Waals surface area (Å²) in [5.74, 6) is 0.207. The van der Waals surface area contributed by atoms with Crippen LogP contribution in [0.3, 0.4) is 0 Å². The molecule has 0 atom stereocenters. The Bertz CT molecular complexity index is 805. The van der Waals surface area contributed by atoms with E-state index in [2.05, 4.69) is 25.5 Å². The third-order valence-corrected chi connectivity index (χ3v) is 2.99. The molecule has 0 aliphatic heterocycles. The number of halogens is 1. The van der Waals surface area contributed by atoms with Crippen molar-refractivity contribution < 1.29 is 9.90 Å². The van der Waals surface area contributed by atoms with Crippen molar-refractivity contribution in [2.24, 2.45) is 0 Å². The minimum Gasteiger partial charge on any atom is -0.392 e. The monoisotopic (exact) mass is 320 g/mol. The highest BCUT2D eigenvalue weighted by atomic mass is 35.5. The van der Waals surface area contributed by atoms with Crippen LogP contribution in [0.5, 0.6) is 0 Å². The van der Waals surface area contributed by atoms with Crippen molar-refractivity contribution >= 4 is 41.0 Å². The van der Waals surface area contributed by atoms with Crippen molar-refractivity contribution in [3.63, 3.8) is 0 Å². The molecule has 0 bridgehead atoms. The van der Waals surface area contributed by atoms with E-state index >= 15 is 0 Å². The normalized spacial score (nSPS) is 10.2. The molecule has 9 heteroatoms. The number of aliphatic hydroxyl groups excluding tert-OH is 1. The molecule has 0 aromatic carbocycles. The molecule has 0 saturated carbocycles. The first-order valence-corrected chi connectivity index (χ1v) is 6.14. The Balaban J connectivity index is 0.00000176. The minimum absolute atomic E-state index is 0. The van der Waals surface area contributed by atoms with Crippen molar-refractivity contribution in [2.45, 2.75) is 6.61 Å². The predicted molar refractivity (Wildman–Crippen MR) is 83.7 cm³/mol. The third-order valence-electron chi connectivity index (χ3n) is 2.99. The first-order chi connectivity index (χ1) is 10.2. The molecule has 8 nitrogen and oxygen atoms in total. The zero-order chi connectivity index (χ0) is 14.8. The first kappa shape index (κ1) is 15.7. The van der Waals surface area contributed by atoms with Crippen molar-refractivity contribution in [2.75, 3.05) is 11.1 Å². The Morgan fingerprint density at radius 3 is 2.95 bits per heavy atom. The van der Waals surface area contributed by atoms with Gasteiger partial charge in [0.25, 0.3) is 5.91 Å². The number of aromatic nitrogens is 4. The molecule has 0 aliphatic carbocycles. The van der Waals surface area contributed by atoms with Crippen molar-refractivity contribution in [3.05, 3.63) is 41.7 Å². The number of fused-ring (bicyclic) bond motifs is 1. The van der Waals surface area contributed by atoms with Crippen LogP contribution < -0.4 is 11.1 Å². The number of amides is 1. The van der Waals surface area contributed by atoms with E-state index in [1.54, 1.807) is 24.4 Å². The second kappa shape index (κ2) is 6.37. The average Bonchev–Trinajstić information content (AvgIpc) is 2.89. The summed E-state index contributed by atoms with van der Waals surface area (Å²) in [5.41, 5.74) is 7.01. The van der Waals surface area contributed by atoms with Gasteiger partial charge in [0.1, 0.15) is 5.82 Å². The molecule has 0 aliphatic rings. The molecule has 0 saturated heterocycles. The van der Waals surface area contributed by atoms with Crippen LogP contribution in [0.4, 0.5) is 11.6 Å². The second-order valence-corrected chi connectivity index (χ2v) is 4.36. The summed E-state index contributed by atoms with van der Waals surface area (Å²) >= 11 is 0. The van der Waals surface area contributed by atoms with Gasteiger partial charge in [0.2, 0.25) is 0 Å². The summed E-state index contributed by atoms with van der Waals surface area (Å²) in [5, 5.41) is 19.1. The van der Waals surface area contributed by atoms with E-state index in [9.17, 15) is 9.90 Å². The van der Waals surface area contributed by atoms with Gasteiger partial charge in [-0.1, -0.05) is 0 Å². The van der Waals surface area contributed by atoms with E-state index < -0.39 is 0 Å². The number of hydrogen-bond acceptors (Lipinski definition) is 6. The number of carbonyl (C=O) groups excluding carboxylic acids is 1. The summed E-state index contributed by atoms with van der Waals surface area (Å²) < 4.78 is 0. The lowest BCUT2D eigenvalue weighted by molar-refractivity contribution is 0.102. The van der Waals surface area contributed by atoms with Gasteiger partial charge >= 0.3 is 0 Å². The molecule has 0 radical (unpaired) electrons. The molecule has 3 heterocycles. The molecular weight excluding hydrogens is 308 g/mol. The van der Waals surface area contributed by atoms with Crippen molar-refractivity contribution in [3.8, 4) is 0 Å². The fraction of sp³-hybridized carbons (Fsp3) is 0.0769. The van der Waals surface area contributed by atoms with E-state index in [1.165, 1.54) is 6.20 Å². The topological polar surface area (TPSA) is 130 Å². The van der Waals surface area contributed by atoms with Crippen LogP contribution in [-0.2, 0) is 6.61 Å². The van der Waals surface area contributed by atoms with E-state index in [0.717, 1.165) is 0 Å². The van der Waals surface area contributed by atoms with E-state index in [1.807, 2.05) is 0 Å². The molecular formula is C13H13ClN6O2. The van der Waals surface area contributed by atoms with Crippen LogP contribution >= 0.6 is 12.4 Å². The van der Waals surface area contributed by atoms with Crippen molar-refractivity contribution in [1.82, 2.24) is 20.2 Å². The minimum atomic E-state index is -0.334. The summed E-state index contributed by atoms with van der Waals surface area (Å²) in [6.07, 6.45) is 3.04. The lowest BCUT2D eigenvalue weighted by Gasteiger charge is -2.04. The number of nitrogens with two attached hydrogens (primary N) is 1. The quantitative estimate of drug-likeness (QED) is 0.571. The summed E-state index contributed by atoms with van der Waals surface area (Å²) in [4.78, 5) is 20.0. The zero-order valence-corrected chi connectivity index (χ0v) is 12.1. The number of anilines is 2. The number of hydrogen-bond donors (Lipinski definition) is 4. The standard InChI is InChI=1S/C13H12N6O2.ClH/c14-10-8(6-20)4-9-11(16-10)18-19-12(9)17-13(21)7-2-1-3-15-5-7;/h1-5,20H,6H2,(H4,14,16,17,18,19,21);1H. The molecule has 0 fully saturated rings. The summed E-state index contributed by atoms with van der Waals surface area (Å²) in [7, 11) is 0. The first-order valence-electron chi connectivity index (χ1n) is 6.14. The van der Waals surface area contributed by atoms with Crippen molar-refractivity contribution in [1.29, 1.82) is 0 Å². The molecule has 22 heavy (non-hydrogen) atoms. The van der Waals surface area contributed by atoms with Crippen LogP contribution in [0, 0.1) is 0 Å². The Morgan fingerprint density at radius 1 is 1.45 bits per heavy atom. The van der Waals surface area contributed by atoms with Gasteiger partial charge in [0, 0.05) is 18.0 Å². The maximum absolute atomic E-state index is 12.1. The van der Waals surface area contributed by atoms with Gasteiger partial charge in [-0.05, 0) is 18.2 Å². The molecule has 0 spiro atoms. The lowest BCUT2D eigenvalue weighted by Crippen LogP contribution is -2.12. The van der Waals surface area contributed by atoms with Gasteiger partial charge < -0.3 is 16.2 Å². The number of aliphatic hydroxyl groups is 1. The van der Waals surface area contributed by atoms with Gasteiger partial charge in [-0.25, -0.2) is 4.98 Å². The van der Waals surface area contributed by atoms with E-state index in [4.69, 9.17) is 5.73 Å². The van der Waals surface area contributed by atoms with Gasteiger partial charge in [0.15, 0.2) is 11.5 Å².